The van der Waals surface area contributed by atoms with E-state index in [1.54, 1.807) is 0 Å². The average Bonchev–Trinajstić information content (AvgIpc) is 2.38. The van der Waals surface area contributed by atoms with Crippen LogP contribution in [0.25, 0.3) is 16.8 Å². The van der Waals surface area contributed by atoms with Gasteiger partial charge in [-0.3, -0.25) is 0 Å². The first-order chi connectivity index (χ1) is 8.29. The number of anilines is 1. The largest absolute Gasteiger partial charge is 0.465 e. The normalized spacial score (nSPS) is 12.3. The molecule has 0 saturated carbocycles. The van der Waals surface area contributed by atoms with Crippen molar-refractivity contribution in [1.82, 2.24) is 0 Å². The molecule has 1 heterocycles. The number of ether oxygens (including phenoxy) is 1. The molecular formula is C14H11NO2. The summed E-state index contributed by atoms with van der Waals surface area (Å²) in [4.78, 5) is 11.6. The van der Waals surface area contributed by atoms with Crippen LogP contribution in [-0.2, 0) is 4.74 Å². The third-order valence-corrected chi connectivity index (χ3v) is 2.93. The van der Waals surface area contributed by atoms with Crippen LogP contribution in [0, 0.1) is 0 Å². The fraction of sp³-hybridized carbons (Fsp3) is 0.0714. The summed E-state index contributed by atoms with van der Waals surface area (Å²) in [6.07, 6.45) is 3.83. The summed E-state index contributed by atoms with van der Waals surface area (Å²) in [6.45, 7) is 0. The van der Waals surface area contributed by atoms with Gasteiger partial charge in [0.1, 0.15) is 0 Å². The second-order valence-corrected chi connectivity index (χ2v) is 3.94. The lowest BCUT2D eigenvalue weighted by Gasteiger charge is -2.15. The molecule has 1 aliphatic rings. The van der Waals surface area contributed by atoms with Gasteiger partial charge in [0, 0.05) is 17.3 Å². The van der Waals surface area contributed by atoms with Crippen molar-refractivity contribution in [3.63, 3.8) is 0 Å². The molecule has 0 unspecified atom stereocenters. The van der Waals surface area contributed by atoms with E-state index in [0.717, 1.165) is 22.0 Å². The molecule has 0 amide bonds. The molecule has 0 spiro atoms. The van der Waals surface area contributed by atoms with Gasteiger partial charge in [0.05, 0.1) is 12.7 Å². The molecule has 0 saturated heterocycles. The molecule has 0 aliphatic carbocycles. The molecule has 17 heavy (non-hydrogen) atoms. The van der Waals surface area contributed by atoms with Crippen LogP contribution in [0.4, 0.5) is 5.69 Å². The van der Waals surface area contributed by atoms with Crippen molar-refractivity contribution in [1.29, 1.82) is 0 Å². The lowest BCUT2D eigenvalue weighted by molar-refractivity contribution is 0.0601. The number of hydrogen-bond acceptors (Lipinski definition) is 3. The summed E-state index contributed by atoms with van der Waals surface area (Å²) in [7, 11) is 1.39. The first kappa shape index (κ1) is 9.90. The van der Waals surface area contributed by atoms with Crippen molar-refractivity contribution >= 4 is 28.5 Å². The van der Waals surface area contributed by atoms with Gasteiger partial charge in [-0.25, -0.2) is 4.79 Å². The van der Waals surface area contributed by atoms with E-state index in [0.29, 0.717) is 5.56 Å². The SMILES string of the molecule is COC(=O)c1cc2c3c(cccc3c1)NC=C2. The number of carbonyl (C=O) groups excluding carboxylic acids is 1. The summed E-state index contributed by atoms with van der Waals surface area (Å²) >= 11 is 0. The van der Waals surface area contributed by atoms with Gasteiger partial charge in [-0.05, 0) is 35.2 Å². The van der Waals surface area contributed by atoms with E-state index >= 15 is 0 Å². The van der Waals surface area contributed by atoms with E-state index < -0.39 is 0 Å². The van der Waals surface area contributed by atoms with E-state index in [2.05, 4.69) is 5.32 Å². The van der Waals surface area contributed by atoms with Gasteiger partial charge in [0.15, 0.2) is 0 Å². The highest BCUT2D eigenvalue weighted by molar-refractivity contribution is 6.06. The van der Waals surface area contributed by atoms with Crippen molar-refractivity contribution in [3.05, 3.63) is 47.7 Å². The second kappa shape index (κ2) is 3.63. The lowest BCUT2D eigenvalue weighted by Crippen LogP contribution is -2.03. The van der Waals surface area contributed by atoms with E-state index in [4.69, 9.17) is 4.74 Å². The van der Waals surface area contributed by atoms with Crippen LogP contribution in [0.1, 0.15) is 15.9 Å². The quantitative estimate of drug-likeness (QED) is 0.758. The highest BCUT2D eigenvalue weighted by atomic mass is 16.5. The molecule has 0 aromatic heterocycles. The Labute approximate surface area is 98.7 Å². The summed E-state index contributed by atoms with van der Waals surface area (Å²) < 4.78 is 4.75. The topological polar surface area (TPSA) is 38.3 Å². The average molecular weight is 225 g/mol. The Morgan fingerprint density at radius 1 is 1.29 bits per heavy atom. The highest BCUT2D eigenvalue weighted by Gasteiger charge is 2.13. The third kappa shape index (κ3) is 1.47. The molecule has 0 fully saturated rings. The highest BCUT2D eigenvalue weighted by Crippen LogP contribution is 2.32. The molecule has 3 nitrogen and oxygen atoms in total. The van der Waals surface area contributed by atoms with Crippen LogP contribution in [0.5, 0.6) is 0 Å². The van der Waals surface area contributed by atoms with Gasteiger partial charge >= 0.3 is 5.97 Å². The number of rotatable bonds is 1. The zero-order valence-corrected chi connectivity index (χ0v) is 9.36. The molecule has 0 radical (unpaired) electrons. The second-order valence-electron chi connectivity index (χ2n) is 3.94. The Morgan fingerprint density at radius 2 is 2.18 bits per heavy atom. The number of methoxy groups -OCH3 is 1. The summed E-state index contributed by atoms with van der Waals surface area (Å²) in [5, 5.41) is 5.37. The predicted molar refractivity (Wildman–Crippen MR) is 67.9 cm³/mol. The van der Waals surface area contributed by atoms with Crippen LogP contribution in [0.3, 0.4) is 0 Å². The van der Waals surface area contributed by atoms with Crippen molar-refractivity contribution < 1.29 is 9.53 Å². The molecule has 3 heteroatoms. The first-order valence-corrected chi connectivity index (χ1v) is 5.38. The minimum atomic E-state index is -0.305. The Bertz CT molecular complexity index is 644. The lowest BCUT2D eigenvalue weighted by atomic mass is 9.97. The minimum Gasteiger partial charge on any atom is -0.465 e. The van der Waals surface area contributed by atoms with Gasteiger partial charge in [-0.1, -0.05) is 12.1 Å². The van der Waals surface area contributed by atoms with Crippen molar-refractivity contribution in [2.24, 2.45) is 0 Å². The Hall–Kier alpha value is -2.29. The fourth-order valence-corrected chi connectivity index (χ4v) is 2.17. The molecule has 1 N–H and O–H groups in total. The molecule has 2 aromatic carbocycles. The van der Waals surface area contributed by atoms with E-state index in [-0.39, 0.29) is 5.97 Å². The number of carbonyl (C=O) groups is 1. The van der Waals surface area contributed by atoms with Crippen LogP contribution >= 0.6 is 0 Å². The van der Waals surface area contributed by atoms with Gasteiger partial charge in [0.25, 0.3) is 0 Å². The van der Waals surface area contributed by atoms with Gasteiger partial charge in [0.2, 0.25) is 0 Å². The van der Waals surface area contributed by atoms with E-state index in [1.165, 1.54) is 7.11 Å². The Morgan fingerprint density at radius 3 is 3.00 bits per heavy atom. The first-order valence-electron chi connectivity index (χ1n) is 5.38. The molecular weight excluding hydrogens is 214 g/mol. The fourth-order valence-electron chi connectivity index (χ4n) is 2.17. The van der Waals surface area contributed by atoms with Gasteiger partial charge < -0.3 is 10.1 Å². The number of benzene rings is 2. The number of esters is 1. The summed E-state index contributed by atoms with van der Waals surface area (Å²) in [5.41, 5.74) is 2.69. The van der Waals surface area contributed by atoms with E-state index in [1.807, 2.05) is 42.6 Å². The van der Waals surface area contributed by atoms with Crippen LogP contribution < -0.4 is 5.32 Å². The van der Waals surface area contributed by atoms with Crippen molar-refractivity contribution in [2.45, 2.75) is 0 Å². The maximum atomic E-state index is 11.6. The van der Waals surface area contributed by atoms with Crippen LogP contribution in [-0.4, -0.2) is 13.1 Å². The minimum absolute atomic E-state index is 0.305. The maximum Gasteiger partial charge on any atom is 0.337 e. The zero-order valence-electron chi connectivity index (χ0n) is 9.36. The smallest absolute Gasteiger partial charge is 0.337 e. The molecule has 3 rings (SSSR count). The number of nitrogens with one attached hydrogen (secondary N) is 1. The molecule has 1 aliphatic heterocycles. The summed E-state index contributed by atoms with van der Waals surface area (Å²) in [5.74, 6) is -0.305. The molecule has 2 aromatic rings. The van der Waals surface area contributed by atoms with Gasteiger partial charge in [-0.2, -0.15) is 0 Å². The zero-order chi connectivity index (χ0) is 11.8. The van der Waals surface area contributed by atoms with Crippen molar-refractivity contribution in [3.8, 4) is 0 Å². The predicted octanol–water partition coefficient (Wildman–Crippen LogP) is 3.02. The number of hydrogen-bond donors (Lipinski definition) is 1. The monoisotopic (exact) mass is 225 g/mol. The van der Waals surface area contributed by atoms with Crippen molar-refractivity contribution in [2.75, 3.05) is 12.4 Å². The van der Waals surface area contributed by atoms with Crippen LogP contribution in [0.15, 0.2) is 36.5 Å². The maximum absolute atomic E-state index is 11.6. The summed E-state index contributed by atoms with van der Waals surface area (Å²) in [6, 6.07) is 9.70. The van der Waals surface area contributed by atoms with E-state index in [9.17, 15) is 4.79 Å². The van der Waals surface area contributed by atoms with Gasteiger partial charge in [-0.15, -0.1) is 0 Å². The molecule has 0 bridgehead atoms. The Kier molecular flexibility index (Phi) is 2.11. The molecule has 0 atom stereocenters. The third-order valence-electron chi connectivity index (χ3n) is 2.93. The Balaban J connectivity index is 2.33. The van der Waals surface area contributed by atoms with Crippen LogP contribution in [0.2, 0.25) is 0 Å². The standard InChI is InChI=1S/C14H11NO2/c1-17-14(16)11-7-9-3-2-4-12-13(9)10(8-11)5-6-15-12/h2-8,15H,1H3. The molecule has 84 valence electrons.